The van der Waals surface area contributed by atoms with Crippen LogP contribution in [0.1, 0.15) is 252 Å². The normalized spacial score (nSPS) is 12.9. The van der Waals surface area contributed by atoms with E-state index < -0.39 is 6.10 Å². The van der Waals surface area contributed by atoms with Gasteiger partial charge in [0.25, 0.3) is 0 Å². The first-order valence-corrected chi connectivity index (χ1v) is 28.4. The van der Waals surface area contributed by atoms with Crippen molar-refractivity contribution in [1.82, 2.24) is 0 Å². The SMILES string of the molecule is CC/C=C\C/C=C\C/C=C\C/C=C\C/C=C\C/C=C\CCCCC(=O)OCC(COC(=O)CCCCCCC/C=C\CCCCCC)OC(=O)CCCCCCCCC/C=C\C/C=C\CCCCC. The first-order chi connectivity index (χ1) is 34.0. The van der Waals surface area contributed by atoms with Crippen LogP contribution in [-0.2, 0) is 28.6 Å². The van der Waals surface area contributed by atoms with Crippen molar-refractivity contribution in [3.63, 3.8) is 0 Å². The van der Waals surface area contributed by atoms with Gasteiger partial charge in [0.05, 0.1) is 0 Å². The predicted molar refractivity (Wildman–Crippen MR) is 297 cm³/mol. The molecule has 0 saturated heterocycles. The van der Waals surface area contributed by atoms with Crippen LogP contribution in [-0.4, -0.2) is 37.2 Å². The summed E-state index contributed by atoms with van der Waals surface area (Å²) in [4.78, 5) is 38.1. The van der Waals surface area contributed by atoms with Crippen molar-refractivity contribution in [1.29, 1.82) is 0 Å². The van der Waals surface area contributed by atoms with Gasteiger partial charge in [-0.2, -0.15) is 0 Å². The Labute approximate surface area is 425 Å². The molecule has 0 rings (SSSR count). The Bertz CT molecular complexity index is 1420. The molecule has 0 bridgehead atoms. The van der Waals surface area contributed by atoms with Gasteiger partial charge in [-0.1, -0.05) is 214 Å². The van der Waals surface area contributed by atoms with Crippen LogP contribution in [0, 0.1) is 0 Å². The smallest absolute Gasteiger partial charge is 0.306 e. The third kappa shape index (κ3) is 54.9. The molecule has 0 heterocycles. The predicted octanol–water partition coefficient (Wildman–Crippen LogP) is 19.1. The molecular weight excluding hydrogens is 853 g/mol. The van der Waals surface area contributed by atoms with Crippen molar-refractivity contribution in [2.45, 2.75) is 258 Å². The Balaban J connectivity index is 4.49. The van der Waals surface area contributed by atoms with Crippen molar-refractivity contribution in [3.8, 4) is 0 Å². The van der Waals surface area contributed by atoms with E-state index in [0.29, 0.717) is 25.7 Å². The number of ether oxygens (including phenoxy) is 3. The topological polar surface area (TPSA) is 78.9 Å². The van der Waals surface area contributed by atoms with Crippen molar-refractivity contribution in [3.05, 3.63) is 109 Å². The molecular formula is C63H104O6. The van der Waals surface area contributed by atoms with Crippen LogP contribution in [0.15, 0.2) is 109 Å². The van der Waals surface area contributed by atoms with Crippen molar-refractivity contribution in [2.24, 2.45) is 0 Å². The lowest BCUT2D eigenvalue weighted by Gasteiger charge is -2.18. The summed E-state index contributed by atoms with van der Waals surface area (Å²) < 4.78 is 16.8. The van der Waals surface area contributed by atoms with Crippen LogP contribution >= 0.6 is 0 Å². The van der Waals surface area contributed by atoms with Gasteiger partial charge in [0.15, 0.2) is 6.10 Å². The summed E-state index contributed by atoms with van der Waals surface area (Å²) in [6.07, 6.45) is 76.4. The van der Waals surface area contributed by atoms with Gasteiger partial charge in [0.2, 0.25) is 0 Å². The van der Waals surface area contributed by atoms with E-state index in [1.807, 2.05) is 0 Å². The van der Waals surface area contributed by atoms with Crippen LogP contribution in [0.4, 0.5) is 0 Å². The van der Waals surface area contributed by atoms with Gasteiger partial charge in [0.1, 0.15) is 13.2 Å². The largest absolute Gasteiger partial charge is 0.462 e. The highest BCUT2D eigenvalue weighted by Crippen LogP contribution is 2.14. The third-order valence-corrected chi connectivity index (χ3v) is 11.7. The van der Waals surface area contributed by atoms with Crippen LogP contribution in [0.5, 0.6) is 0 Å². The minimum Gasteiger partial charge on any atom is -0.462 e. The highest BCUT2D eigenvalue weighted by Gasteiger charge is 2.19. The van der Waals surface area contributed by atoms with Gasteiger partial charge >= 0.3 is 17.9 Å². The fraction of sp³-hybridized carbons (Fsp3) is 0.667. The minimum absolute atomic E-state index is 0.101. The van der Waals surface area contributed by atoms with Crippen LogP contribution in [0.3, 0.4) is 0 Å². The molecule has 1 atom stereocenters. The number of rotatable bonds is 50. The average molecular weight is 958 g/mol. The molecule has 0 aliphatic heterocycles. The van der Waals surface area contributed by atoms with E-state index in [4.69, 9.17) is 14.2 Å². The zero-order valence-electron chi connectivity index (χ0n) is 44.8. The molecule has 0 aliphatic rings. The van der Waals surface area contributed by atoms with E-state index in [1.165, 1.54) is 89.9 Å². The van der Waals surface area contributed by atoms with E-state index in [1.54, 1.807) is 0 Å². The van der Waals surface area contributed by atoms with Gasteiger partial charge in [-0.15, -0.1) is 0 Å². The van der Waals surface area contributed by atoms with Gasteiger partial charge in [-0.25, -0.2) is 0 Å². The highest BCUT2D eigenvalue weighted by atomic mass is 16.6. The van der Waals surface area contributed by atoms with Crippen molar-refractivity contribution in [2.75, 3.05) is 13.2 Å². The lowest BCUT2D eigenvalue weighted by atomic mass is 10.1. The number of allylic oxidation sites excluding steroid dienone is 18. The van der Waals surface area contributed by atoms with E-state index in [2.05, 4.69) is 130 Å². The molecule has 0 aromatic heterocycles. The zero-order chi connectivity index (χ0) is 50.0. The molecule has 6 nitrogen and oxygen atoms in total. The van der Waals surface area contributed by atoms with Crippen molar-refractivity contribution < 1.29 is 28.6 Å². The van der Waals surface area contributed by atoms with E-state index in [9.17, 15) is 14.4 Å². The highest BCUT2D eigenvalue weighted by molar-refractivity contribution is 5.71. The Morgan fingerprint density at radius 1 is 0.304 bits per heavy atom. The summed E-state index contributed by atoms with van der Waals surface area (Å²) in [6, 6.07) is 0. The molecule has 6 heteroatoms. The fourth-order valence-electron chi connectivity index (χ4n) is 7.47. The minimum atomic E-state index is -0.806. The number of carbonyl (C=O) groups excluding carboxylic acids is 3. The maximum atomic E-state index is 12.8. The van der Waals surface area contributed by atoms with Gasteiger partial charge in [-0.05, 0) is 128 Å². The fourth-order valence-corrected chi connectivity index (χ4v) is 7.47. The Morgan fingerprint density at radius 3 is 0.957 bits per heavy atom. The Hall–Kier alpha value is -3.93. The first kappa shape index (κ1) is 65.1. The second kappa shape index (κ2) is 56.7. The van der Waals surface area contributed by atoms with Gasteiger partial charge < -0.3 is 14.2 Å². The lowest BCUT2D eigenvalue weighted by molar-refractivity contribution is -0.167. The molecule has 0 aromatic rings. The summed E-state index contributed by atoms with van der Waals surface area (Å²) in [7, 11) is 0. The summed E-state index contributed by atoms with van der Waals surface area (Å²) in [5.74, 6) is -0.963. The Kier molecular flexibility index (Phi) is 53.4. The number of unbranched alkanes of at least 4 members (excludes halogenated alkanes) is 21. The molecule has 1 unspecified atom stereocenters. The van der Waals surface area contributed by atoms with E-state index >= 15 is 0 Å². The molecule has 0 saturated carbocycles. The number of hydrogen-bond acceptors (Lipinski definition) is 6. The molecule has 0 aliphatic carbocycles. The number of esters is 3. The maximum Gasteiger partial charge on any atom is 0.306 e. The third-order valence-electron chi connectivity index (χ3n) is 11.7. The molecule has 0 spiro atoms. The second-order valence-electron chi connectivity index (χ2n) is 18.5. The standard InChI is InChI=1S/C63H104O6/c1-4-7-10-13-16-19-22-25-27-29-30-31-32-34-35-38-41-44-47-50-53-56-62(65)68-59-60(58-67-61(64)55-52-49-46-43-40-37-24-21-18-15-12-9-6-3)69-63(66)57-54-51-48-45-42-39-36-33-28-26-23-20-17-14-11-8-5-2/h7,10,16-17,19-21,24-28,30-31,34-35,41,44,60H,4-6,8-9,11-15,18,22-23,29,32-33,36-40,42-43,45-59H2,1-3H3/b10-7-,19-16-,20-17-,24-21-,27-25-,28-26-,31-30-,35-34-,44-41-. The molecule has 0 aromatic carbocycles. The van der Waals surface area contributed by atoms with Gasteiger partial charge in [0, 0.05) is 19.3 Å². The molecule has 0 fully saturated rings. The zero-order valence-corrected chi connectivity index (χ0v) is 44.8. The maximum absolute atomic E-state index is 12.8. The number of carbonyl (C=O) groups is 3. The molecule has 0 N–H and O–H groups in total. The molecule has 0 amide bonds. The van der Waals surface area contributed by atoms with Crippen LogP contribution < -0.4 is 0 Å². The first-order valence-electron chi connectivity index (χ1n) is 28.4. The summed E-state index contributed by atoms with van der Waals surface area (Å²) in [6.45, 7) is 6.43. The van der Waals surface area contributed by atoms with Gasteiger partial charge in [-0.3, -0.25) is 14.4 Å². The van der Waals surface area contributed by atoms with Crippen molar-refractivity contribution >= 4 is 17.9 Å². The van der Waals surface area contributed by atoms with E-state index in [-0.39, 0.29) is 31.1 Å². The molecule has 392 valence electrons. The van der Waals surface area contributed by atoms with E-state index in [0.717, 1.165) is 116 Å². The summed E-state index contributed by atoms with van der Waals surface area (Å²) in [5, 5.41) is 0. The van der Waals surface area contributed by atoms with Crippen LogP contribution in [0.25, 0.3) is 0 Å². The average Bonchev–Trinajstić information content (AvgIpc) is 3.35. The van der Waals surface area contributed by atoms with Crippen LogP contribution in [0.2, 0.25) is 0 Å². The molecule has 0 radical (unpaired) electrons. The Morgan fingerprint density at radius 2 is 0.565 bits per heavy atom. The molecule has 69 heavy (non-hydrogen) atoms. The summed E-state index contributed by atoms with van der Waals surface area (Å²) >= 11 is 0. The quantitative estimate of drug-likeness (QED) is 0.0262. The second-order valence-corrected chi connectivity index (χ2v) is 18.5. The summed E-state index contributed by atoms with van der Waals surface area (Å²) in [5.41, 5.74) is 0. The number of hydrogen-bond donors (Lipinski definition) is 0. The lowest BCUT2D eigenvalue weighted by Crippen LogP contribution is -2.30. The monoisotopic (exact) mass is 957 g/mol.